The van der Waals surface area contributed by atoms with Crippen molar-refractivity contribution < 1.29 is 20.6 Å². The van der Waals surface area contributed by atoms with Crippen LogP contribution < -0.4 is 5.32 Å². The first-order chi connectivity index (χ1) is 11.4. The van der Waals surface area contributed by atoms with Crippen molar-refractivity contribution in [2.45, 2.75) is 18.5 Å². The molecule has 132 valence electrons. The van der Waals surface area contributed by atoms with E-state index in [9.17, 15) is 0 Å². The smallest absolute Gasteiger partial charge is 0.291 e. The van der Waals surface area contributed by atoms with E-state index >= 15 is 0 Å². The van der Waals surface area contributed by atoms with Gasteiger partial charge in [-0.1, -0.05) is 36.4 Å². The quantitative estimate of drug-likeness (QED) is 0.412. The van der Waals surface area contributed by atoms with Crippen molar-refractivity contribution in [1.29, 1.82) is 0 Å². The maximum Gasteiger partial charge on any atom is 0.291 e. The van der Waals surface area contributed by atoms with Crippen molar-refractivity contribution >= 4 is 0 Å². The lowest BCUT2D eigenvalue weighted by molar-refractivity contribution is -0.742. The first kappa shape index (κ1) is 19.3. The zero-order chi connectivity index (χ0) is 18.1. The second kappa shape index (κ2) is 9.43. The molecule has 2 aliphatic rings. The highest BCUT2D eigenvalue weighted by atomic mass is 16.9. The summed E-state index contributed by atoms with van der Waals surface area (Å²) in [6.45, 7) is 2.22. The van der Waals surface area contributed by atoms with Crippen LogP contribution in [-0.2, 0) is 6.42 Å². The summed E-state index contributed by atoms with van der Waals surface area (Å²) in [5.41, 5.74) is 3.00. The van der Waals surface area contributed by atoms with Crippen molar-refractivity contribution in [2.24, 2.45) is 0 Å². The summed E-state index contributed by atoms with van der Waals surface area (Å²) in [5.74, 6) is 0. The van der Waals surface area contributed by atoms with Crippen LogP contribution in [0, 0.1) is 20.2 Å². The van der Waals surface area contributed by atoms with Gasteiger partial charge in [0.2, 0.25) is 0 Å². The number of nitrogens with zero attached hydrogens (tertiary/aromatic N) is 3. The van der Waals surface area contributed by atoms with Crippen LogP contribution in [0.2, 0.25) is 0 Å². The summed E-state index contributed by atoms with van der Waals surface area (Å²) in [6.07, 6.45) is 5.73. The lowest BCUT2D eigenvalue weighted by atomic mass is 10.1. The summed E-state index contributed by atoms with van der Waals surface area (Å²) in [6, 6.07) is 9.95. The molecule has 0 spiro atoms. The minimum Gasteiger partial charge on any atom is -0.328 e. The topological polar surface area (TPSA) is 142 Å². The fourth-order valence-electron chi connectivity index (χ4n) is 3.03. The molecule has 10 nitrogen and oxygen atoms in total. The number of hydrogen-bond acceptors (Lipinski definition) is 6. The highest BCUT2D eigenvalue weighted by Crippen LogP contribution is 2.34. The minimum absolute atomic E-state index is 0.496. The second-order valence-electron chi connectivity index (χ2n) is 5.14. The minimum atomic E-state index is -1.50. The number of rotatable bonds is 2. The van der Waals surface area contributed by atoms with Gasteiger partial charge in [-0.2, -0.15) is 0 Å². The third-order valence-electron chi connectivity index (χ3n) is 3.83. The van der Waals surface area contributed by atoms with Gasteiger partial charge in [-0.05, 0) is 24.6 Å². The molecule has 0 aromatic heterocycles. The number of fused-ring (bicyclic) bond motifs is 1. The molecular weight excluding hydrogens is 320 g/mol. The molecule has 0 bridgehead atoms. The SMILES string of the molecule is CN[C@@H]1c2ccccc2C[C@H]1N1CC=CC1.O=[N+]([O-])O.O=[N+]([O-])O. The van der Waals surface area contributed by atoms with E-state index in [4.69, 9.17) is 30.6 Å². The molecule has 3 rings (SSSR count). The van der Waals surface area contributed by atoms with Gasteiger partial charge in [0.1, 0.15) is 0 Å². The van der Waals surface area contributed by atoms with E-state index in [0.29, 0.717) is 12.1 Å². The van der Waals surface area contributed by atoms with Gasteiger partial charge in [0, 0.05) is 25.2 Å². The molecule has 2 atom stereocenters. The van der Waals surface area contributed by atoms with E-state index in [2.05, 4.69) is 53.7 Å². The summed E-state index contributed by atoms with van der Waals surface area (Å²) in [5, 5.41) is 30.8. The van der Waals surface area contributed by atoms with Gasteiger partial charge in [0.15, 0.2) is 0 Å². The van der Waals surface area contributed by atoms with E-state index < -0.39 is 10.2 Å². The monoisotopic (exact) mass is 340 g/mol. The Labute approximate surface area is 138 Å². The highest BCUT2D eigenvalue weighted by Gasteiger charge is 2.34. The van der Waals surface area contributed by atoms with Gasteiger partial charge in [-0.25, -0.2) is 0 Å². The Kier molecular flexibility index (Phi) is 7.59. The molecule has 1 aromatic rings. The van der Waals surface area contributed by atoms with E-state index in [-0.39, 0.29) is 0 Å². The number of hydrogen-bond donors (Lipinski definition) is 3. The molecule has 0 saturated carbocycles. The van der Waals surface area contributed by atoms with Gasteiger partial charge >= 0.3 is 0 Å². The van der Waals surface area contributed by atoms with Crippen LogP contribution in [0.4, 0.5) is 0 Å². The number of benzene rings is 1. The van der Waals surface area contributed by atoms with E-state index in [1.165, 1.54) is 17.5 Å². The fourth-order valence-corrected chi connectivity index (χ4v) is 3.03. The van der Waals surface area contributed by atoms with Gasteiger partial charge < -0.3 is 15.7 Å². The van der Waals surface area contributed by atoms with Crippen molar-refractivity contribution in [3.63, 3.8) is 0 Å². The molecular formula is C14H20N4O6. The van der Waals surface area contributed by atoms with Crippen molar-refractivity contribution in [3.05, 3.63) is 67.8 Å². The molecule has 10 heteroatoms. The predicted octanol–water partition coefficient (Wildman–Crippen LogP) is 1.05. The molecule has 0 fully saturated rings. The highest BCUT2D eigenvalue weighted by molar-refractivity contribution is 5.37. The Balaban J connectivity index is 0.000000306. The fraction of sp³-hybridized carbons (Fsp3) is 0.429. The molecule has 1 aliphatic carbocycles. The molecule has 3 N–H and O–H groups in total. The van der Waals surface area contributed by atoms with E-state index in [1.54, 1.807) is 0 Å². The Morgan fingerprint density at radius 1 is 1.12 bits per heavy atom. The van der Waals surface area contributed by atoms with Crippen LogP contribution in [-0.4, -0.2) is 51.7 Å². The van der Waals surface area contributed by atoms with Crippen LogP contribution in [0.15, 0.2) is 36.4 Å². The maximum atomic E-state index is 8.36. The van der Waals surface area contributed by atoms with Crippen LogP contribution in [0.5, 0.6) is 0 Å². The zero-order valence-electron chi connectivity index (χ0n) is 13.1. The first-order valence-corrected chi connectivity index (χ1v) is 7.17. The van der Waals surface area contributed by atoms with E-state index in [1.807, 2.05) is 0 Å². The summed E-state index contributed by atoms with van der Waals surface area (Å²) >= 11 is 0. The molecule has 0 saturated heterocycles. The Morgan fingerprint density at radius 3 is 2.12 bits per heavy atom. The average Bonchev–Trinajstić information content (AvgIpc) is 3.13. The molecule has 1 heterocycles. The first-order valence-electron chi connectivity index (χ1n) is 7.17. The van der Waals surface area contributed by atoms with Crippen LogP contribution in [0.1, 0.15) is 17.2 Å². The molecule has 1 aromatic carbocycles. The third kappa shape index (κ3) is 5.82. The average molecular weight is 340 g/mol. The summed E-state index contributed by atoms with van der Waals surface area (Å²) in [7, 11) is 2.07. The Hall–Kier alpha value is -2.72. The Bertz CT molecular complexity index is 566. The van der Waals surface area contributed by atoms with E-state index in [0.717, 1.165) is 13.1 Å². The number of likely N-dealkylation sites (N-methyl/N-ethyl adjacent to an activating group) is 1. The molecule has 1 aliphatic heterocycles. The largest absolute Gasteiger partial charge is 0.328 e. The van der Waals surface area contributed by atoms with Crippen molar-refractivity contribution in [2.75, 3.05) is 20.1 Å². The second-order valence-corrected chi connectivity index (χ2v) is 5.14. The zero-order valence-corrected chi connectivity index (χ0v) is 13.1. The van der Waals surface area contributed by atoms with Gasteiger partial charge in [-0.3, -0.25) is 4.90 Å². The lowest BCUT2D eigenvalue weighted by Crippen LogP contribution is -2.40. The summed E-state index contributed by atoms with van der Waals surface area (Å²) in [4.78, 5) is 19.3. The molecule has 24 heavy (non-hydrogen) atoms. The van der Waals surface area contributed by atoms with Crippen molar-refractivity contribution in [3.8, 4) is 0 Å². The molecule has 0 unspecified atom stereocenters. The Morgan fingerprint density at radius 2 is 1.62 bits per heavy atom. The normalized spacial score (nSPS) is 21.0. The van der Waals surface area contributed by atoms with Crippen LogP contribution in [0.3, 0.4) is 0 Å². The maximum absolute atomic E-state index is 8.36. The predicted molar refractivity (Wildman–Crippen MR) is 84.0 cm³/mol. The summed E-state index contributed by atoms with van der Waals surface area (Å²) < 4.78 is 0. The molecule has 0 radical (unpaired) electrons. The lowest BCUT2D eigenvalue weighted by Gasteiger charge is -2.29. The molecule has 0 amide bonds. The van der Waals surface area contributed by atoms with Crippen molar-refractivity contribution in [1.82, 2.24) is 10.2 Å². The third-order valence-corrected chi connectivity index (χ3v) is 3.83. The van der Waals surface area contributed by atoms with Gasteiger partial charge in [-0.15, -0.1) is 20.2 Å². The number of nitrogens with one attached hydrogen (secondary N) is 1. The standard InChI is InChI=1S/C14H18N2.2HNO3/c1-15-14-12-7-3-2-6-11(12)10-13(14)16-8-4-5-9-16;2*2-1(3)4/h2-7,13-15H,8-10H2,1H3;2*(H,2,3,4)/t13-,14-;;/m1../s1. The van der Waals surface area contributed by atoms with Gasteiger partial charge in [0.05, 0.1) is 0 Å². The van der Waals surface area contributed by atoms with Crippen LogP contribution >= 0.6 is 0 Å². The van der Waals surface area contributed by atoms with Gasteiger partial charge in [0.25, 0.3) is 10.2 Å². The van der Waals surface area contributed by atoms with Crippen LogP contribution in [0.25, 0.3) is 0 Å².